The lowest BCUT2D eigenvalue weighted by molar-refractivity contribution is -0.385. The van der Waals surface area contributed by atoms with Crippen molar-refractivity contribution in [2.75, 3.05) is 18.0 Å². The van der Waals surface area contributed by atoms with Crippen LogP contribution in [0.15, 0.2) is 48.5 Å². The molecule has 0 radical (unpaired) electrons. The van der Waals surface area contributed by atoms with Crippen LogP contribution in [0.2, 0.25) is 0 Å². The molecule has 0 aromatic heterocycles. The van der Waals surface area contributed by atoms with E-state index in [1.807, 2.05) is 30.3 Å². The van der Waals surface area contributed by atoms with Crippen molar-refractivity contribution in [2.45, 2.75) is 39.1 Å². The van der Waals surface area contributed by atoms with Crippen LogP contribution >= 0.6 is 0 Å². The number of alkyl carbamates (subject to hydrolysis) is 1. The minimum atomic E-state index is -0.641. The Labute approximate surface area is 185 Å². The van der Waals surface area contributed by atoms with E-state index in [2.05, 4.69) is 5.32 Å². The maximum absolute atomic E-state index is 12.4. The van der Waals surface area contributed by atoms with Gasteiger partial charge in [0.25, 0.3) is 0 Å². The molecule has 32 heavy (non-hydrogen) atoms. The van der Waals surface area contributed by atoms with E-state index in [-0.39, 0.29) is 31.1 Å². The second-order valence-electron chi connectivity index (χ2n) is 8.18. The maximum Gasteiger partial charge on any atom is 0.414 e. The number of hydrogen-bond donors (Lipinski definition) is 1. The third-order valence-electron chi connectivity index (χ3n) is 4.44. The fourth-order valence-corrected chi connectivity index (χ4v) is 3.02. The summed E-state index contributed by atoms with van der Waals surface area (Å²) in [5, 5.41) is 14.0. The molecule has 0 aliphatic carbocycles. The van der Waals surface area contributed by atoms with Crippen LogP contribution in [0.5, 0.6) is 5.75 Å². The van der Waals surface area contributed by atoms with Crippen LogP contribution in [0.1, 0.15) is 26.3 Å². The Balaban J connectivity index is 1.68. The molecule has 170 valence electrons. The summed E-state index contributed by atoms with van der Waals surface area (Å²) in [5.41, 5.74) is 0.391. The van der Waals surface area contributed by atoms with Crippen molar-refractivity contribution in [1.29, 1.82) is 0 Å². The molecule has 10 heteroatoms. The summed E-state index contributed by atoms with van der Waals surface area (Å²) < 4.78 is 16.1. The van der Waals surface area contributed by atoms with Gasteiger partial charge in [0, 0.05) is 12.1 Å². The highest BCUT2D eigenvalue weighted by molar-refractivity contribution is 5.90. The molecule has 2 aromatic carbocycles. The summed E-state index contributed by atoms with van der Waals surface area (Å²) in [5.74, 6) is 0.0412. The number of benzene rings is 2. The molecule has 1 unspecified atom stereocenters. The first-order valence-corrected chi connectivity index (χ1v) is 10.0. The van der Waals surface area contributed by atoms with Crippen LogP contribution in [0.4, 0.5) is 21.0 Å². The zero-order valence-electron chi connectivity index (χ0n) is 18.1. The minimum Gasteiger partial charge on any atom is -0.482 e. The Hall–Kier alpha value is -3.82. The van der Waals surface area contributed by atoms with Crippen LogP contribution in [0.3, 0.4) is 0 Å². The summed E-state index contributed by atoms with van der Waals surface area (Å²) in [6.07, 6.45) is -1.83. The molecular formula is C22H25N3O7. The van der Waals surface area contributed by atoms with Gasteiger partial charge in [0.15, 0.2) is 5.75 Å². The quantitative estimate of drug-likeness (QED) is 0.507. The van der Waals surface area contributed by atoms with Crippen LogP contribution < -0.4 is 15.0 Å². The zero-order chi connectivity index (χ0) is 23.3. The van der Waals surface area contributed by atoms with Crippen molar-refractivity contribution in [1.82, 2.24) is 5.32 Å². The molecule has 10 nitrogen and oxygen atoms in total. The van der Waals surface area contributed by atoms with E-state index in [1.54, 1.807) is 20.8 Å². The molecular weight excluding hydrogens is 418 g/mol. The number of nitro benzene ring substituents is 1. The van der Waals surface area contributed by atoms with Gasteiger partial charge in [0.05, 0.1) is 23.7 Å². The number of nitrogens with zero attached hydrogens (tertiary/aromatic N) is 2. The first-order valence-electron chi connectivity index (χ1n) is 10.0. The molecule has 0 bridgehead atoms. The monoisotopic (exact) mass is 443 g/mol. The number of nitrogens with one attached hydrogen (secondary N) is 1. The molecule has 1 saturated heterocycles. The largest absolute Gasteiger partial charge is 0.482 e. The van der Waals surface area contributed by atoms with Gasteiger partial charge in [-0.05, 0) is 32.4 Å². The lowest BCUT2D eigenvalue weighted by atomic mass is 10.2. The number of carbonyl (C=O) groups excluding carboxylic acids is 2. The van der Waals surface area contributed by atoms with Crippen molar-refractivity contribution < 1.29 is 28.7 Å². The van der Waals surface area contributed by atoms with Gasteiger partial charge in [0.1, 0.15) is 18.3 Å². The molecule has 0 spiro atoms. The molecule has 1 fully saturated rings. The van der Waals surface area contributed by atoms with E-state index in [1.165, 1.54) is 23.1 Å². The van der Waals surface area contributed by atoms with Crippen molar-refractivity contribution >= 4 is 23.6 Å². The highest BCUT2D eigenvalue weighted by atomic mass is 16.6. The van der Waals surface area contributed by atoms with Gasteiger partial charge >= 0.3 is 17.9 Å². The number of nitro groups is 1. The van der Waals surface area contributed by atoms with Crippen molar-refractivity contribution in [3.05, 3.63) is 64.2 Å². The average Bonchev–Trinajstić information content (AvgIpc) is 3.10. The summed E-state index contributed by atoms with van der Waals surface area (Å²) in [7, 11) is 0. The number of ether oxygens (including phenoxy) is 3. The van der Waals surface area contributed by atoms with E-state index >= 15 is 0 Å². The predicted octanol–water partition coefficient (Wildman–Crippen LogP) is 4.02. The first-order chi connectivity index (χ1) is 15.1. The Morgan fingerprint density at radius 2 is 1.97 bits per heavy atom. The van der Waals surface area contributed by atoms with E-state index in [0.717, 1.165) is 5.56 Å². The van der Waals surface area contributed by atoms with Crippen molar-refractivity contribution in [2.24, 2.45) is 0 Å². The smallest absolute Gasteiger partial charge is 0.414 e. The topological polar surface area (TPSA) is 120 Å². The van der Waals surface area contributed by atoms with Gasteiger partial charge in [-0.15, -0.1) is 0 Å². The second kappa shape index (κ2) is 9.54. The lowest BCUT2D eigenvalue weighted by Crippen LogP contribution is -2.38. The van der Waals surface area contributed by atoms with E-state index in [4.69, 9.17) is 14.2 Å². The van der Waals surface area contributed by atoms with Crippen LogP contribution in [-0.2, 0) is 16.1 Å². The summed E-state index contributed by atoms with van der Waals surface area (Å²) in [6.45, 7) is 5.60. The minimum absolute atomic E-state index is 0.0412. The van der Waals surface area contributed by atoms with Gasteiger partial charge in [-0.1, -0.05) is 30.3 Å². The summed E-state index contributed by atoms with van der Waals surface area (Å²) >= 11 is 0. The second-order valence-corrected chi connectivity index (χ2v) is 8.18. The molecule has 2 amide bonds. The standard InChI is InChI=1S/C22H25N3O7/c1-22(2,3)32-20(26)23-12-17-13-24(21(27)31-17)16-9-10-18(25(28)29)19(11-16)30-14-15-7-5-4-6-8-15/h4-11,17H,12-14H2,1-3H3,(H,23,26). The maximum atomic E-state index is 12.4. The molecule has 1 atom stereocenters. The number of rotatable bonds is 7. The zero-order valence-corrected chi connectivity index (χ0v) is 18.1. The summed E-state index contributed by atoms with van der Waals surface area (Å²) in [4.78, 5) is 36.4. The molecule has 3 rings (SSSR count). The number of hydrogen-bond acceptors (Lipinski definition) is 7. The highest BCUT2D eigenvalue weighted by Gasteiger charge is 2.34. The van der Waals surface area contributed by atoms with Crippen LogP contribution in [0, 0.1) is 10.1 Å². The first kappa shape index (κ1) is 22.9. The van der Waals surface area contributed by atoms with Gasteiger partial charge < -0.3 is 19.5 Å². The SMILES string of the molecule is CC(C)(C)OC(=O)NCC1CN(c2ccc([N+](=O)[O-])c(OCc3ccccc3)c2)C(=O)O1. The molecule has 1 aliphatic heterocycles. The molecule has 1 heterocycles. The van der Waals surface area contributed by atoms with Gasteiger partial charge in [-0.3, -0.25) is 15.0 Å². The van der Waals surface area contributed by atoms with E-state index in [9.17, 15) is 19.7 Å². The Bertz CT molecular complexity index is 989. The molecule has 1 aliphatic rings. The van der Waals surface area contributed by atoms with Crippen LogP contribution in [0.25, 0.3) is 0 Å². The normalized spacial score (nSPS) is 15.8. The Morgan fingerprint density at radius 3 is 2.62 bits per heavy atom. The van der Waals surface area contributed by atoms with Gasteiger partial charge in [-0.2, -0.15) is 0 Å². The third-order valence-corrected chi connectivity index (χ3v) is 4.44. The fourth-order valence-electron chi connectivity index (χ4n) is 3.02. The predicted molar refractivity (Wildman–Crippen MR) is 116 cm³/mol. The van der Waals surface area contributed by atoms with Gasteiger partial charge in [-0.25, -0.2) is 9.59 Å². The highest BCUT2D eigenvalue weighted by Crippen LogP contribution is 2.34. The molecule has 0 saturated carbocycles. The summed E-state index contributed by atoms with van der Waals surface area (Å²) in [6, 6.07) is 13.4. The Morgan fingerprint density at radius 1 is 1.25 bits per heavy atom. The van der Waals surface area contributed by atoms with Crippen LogP contribution in [-0.4, -0.2) is 41.9 Å². The Kier molecular flexibility index (Phi) is 6.82. The molecule has 2 aromatic rings. The van der Waals surface area contributed by atoms with E-state index in [0.29, 0.717) is 5.69 Å². The third kappa shape index (κ3) is 6.10. The van der Waals surface area contributed by atoms with Crippen molar-refractivity contribution in [3.8, 4) is 5.75 Å². The van der Waals surface area contributed by atoms with Gasteiger partial charge in [0.2, 0.25) is 0 Å². The molecule has 1 N–H and O–H groups in total. The number of carbonyl (C=O) groups is 2. The number of anilines is 1. The number of cyclic esters (lactones) is 1. The fraction of sp³-hybridized carbons (Fsp3) is 0.364. The lowest BCUT2D eigenvalue weighted by Gasteiger charge is -2.20. The van der Waals surface area contributed by atoms with Crippen molar-refractivity contribution in [3.63, 3.8) is 0 Å². The number of amides is 2. The van der Waals surface area contributed by atoms with E-state index < -0.39 is 28.8 Å². The average molecular weight is 443 g/mol.